The van der Waals surface area contributed by atoms with Crippen LogP contribution < -0.4 is 4.74 Å². The van der Waals surface area contributed by atoms with Crippen LogP contribution in [0.15, 0.2) is 24.3 Å². The molecule has 0 bridgehead atoms. The molecule has 4 N–H and O–H groups in total. The van der Waals surface area contributed by atoms with Crippen molar-refractivity contribution in [2.75, 3.05) is 6.61 Å². The van der Waals surface area contributed by atoms with Crippen LogP contribution in [0.1, 0.15) is 0 Å². The topological polar surface area (TPSA) is 143 Å². The summed E-state index contributed by atoms with van der Waals surface area (Å²) in [5, 5.41) is 48.7. The first kappa shape index (κ1) is 15.6. The van der Waals surface area contributed by atoms with Crippen LogP contribution in [-0.4, -0.2) is 62.7 Å². The molecule has 0 aliphatic carbocycles. The molecule has 1 aromatic rings. The fourth-order valence-electron chi connectivity index (χ4n) is 1.97. The number of hydrogen-bond donors (Lipinski definition) is 4. The lowest BCUT2D eigenvalue weighted by molar-refractivity contribution is -0.385. The van der Waals surface area contributed by atoms with E-state index in [9.17, 15) is 25.4 Å². The Balaban J connectivity index is 2.14. The molecule has 1 heterocycles. The van der Waals surface area contributed by atoms with Crippen molar-refractivity contribution in [1.82, 2.24) is 0 Å². The Bertz CT molecular complexity index is 508. The van der Waals surface area contributed by atoms with Crippen molar-refractivity contribution in [2.45, 2.75) is 30.7 Å². The second-order valence-corrected chi connectivity index (χ2v) is 4.57. The Kier molecular flexibility index (Phi) is 4.70. The number of nitro benzene ring substituents is 1. The molecule has 21 heavy (non-hydrogen) atoms. The van der Waals surface area contributed by atoms with Gasteiger partial charge in [-0.25, -0.2) is 0 Å². The van der Waals surface area contributed by atoms with Crippen molar-refractivity contribution < 1.29 is 34.8 Å². The molecule has 1 aliphatic rings. The van der Waals surface area contributed by atoms with Gasteiger partial charge in [-0.05, 0) is 6.07 Å². The van der Waals surface area contributed by atoms with Crippen LogP contribution in [0.5, 0.6) is 5.75 Å². The molecule has 0 saturated carbocycles. The van der Waals surface area contributed by atoms with Crippen molar-refractivity contribution in [1.29, 1.82) is 0 Å². The molecule has 2 rings (SSSR count). The number of hydrogen-bond acceptors (Lipinski definition) is 8. The average Bonchev–Trinajstić information content (AvgIpc) is 2.48. The number of aliphatic hydroxyl groups is 4. The normalized spacial score (nSPS) is 32.7. The van der Waals surface area contributed by atoms with Gasteiger partial charge in [0.25, 0.3) is 5.69 Å². The fourth-order valence-corrected chi connectivity index (χ4v) is 1.97. The van der Waals surface area contributed by atoms with Gasteiger partial charge < -0.3 is 29.9 Å². The Morgan fingerprint density at radius 3 is 2.57 bits per heavy atom. The molecule has 1 aliphatic heterocycles. The third-order valence-corrected chi connectivity index (χ3v) is 3.13. The van der Waals surface area contributed by atoms with Gasteiger partial charge in [-0.3, -0.25) is 10.1 Å². The maximum atomic E-state index is 10.7. The van der Waals surface area contributed by atoms with Crippen LogP contribution in [0.4, 0.5) is 5.69 Å². The summed E-state index contributed by atoms with van der Waals surface area (Å²) in [5.41, 5.74) is -0.211. The summed E-state index contributed by atoms with van der Waals surface area (Å²) in [7, 11) is 0. The van der Waals surface area contributed by atoms with E-state index in [2.05, 4.69) is 0 Å². The predicted molar refractivity (Wildman–Crippen MR) is 67.5 cm³/mol. The van der Waals surface area contributed by atoms with Crippen LogP contribution in [0.25, 0.3) is 0 Å². The van der Waals surface area contributed by atoms with Gasteiger partial charge >= 0.3 is 0 Å². The van der Waals surface area contributed by atoms with E-state index in [0.717, 1.165) is 6.07 Å². The summed E-state index contributed by atoms with van der Waals surface area (Å²) in [6.45, 7) is -0.584. The Morgan fingerprint density at radius 2 is 1.95 bits per heavy atom. The smallest absolute Gasteiger partial charge is 0.273 e. The van der Waals surface area contributed by atoms with Crippen molar-refractivity contribution in [3.8, 4) is 5.75 Å². The molecular formula is C12H15NO8. The van der Waals surface area contributed by atoms with Crippen LogP contribution in [-0.2, 0) is 4.74 Å². The molecule has 0 radical (unpaired) electrons. The van der Waals surface area contributed by atoms with Gasteiger partial charge in [-0.15, -0.1) is 0 Å². The van der Waals surface area contributed by atoms with E-state index in [-0.39, 0.29) is 11.4 Å². The van der Waals surface area contributed by atoms with E-state index >= 15 is 0 Å². The average molecular weight is 301 g/mol. The van der Waals surface area contributed by atoms with E-state index in [1.807, 2.05) is 0 Å². The molecule has 5 atom stereocenters. The highest BCUT2D eigenvalue weighted by molar-refractivity contribution is 5.38. The lowest BCUT2D eigenvalue weighted by atomic mass is 9.99. The van der Waals surface area contributed by atoms with Crippen LogP contribution in [0, 0.1) is 10.1 Å². The number of rotatable bonds is 4. The van der Waals surface area contributed by atoms with E-state index in [4.69, 9.17) is 14.6 Å². The number of nitro groups is 1. The van der Waals surface area contributed by atoms with Gasteiger partial charge in [0.05, 0.1) is 17.6 Å². The van der Waals surface area contributed by atoms with Gasteiger partial charge in [-0.2, -0.15) is 0 Å². The van der Waals surface area contributed by atoms with Gasteiger partial charge in [0.1, 0.15) is 30.2 Å². The number of aliphatic hydroxyl groups excluding tert-OH is 4. The van der Waals surface area contributed by atoms with Crippen LogP contribution in [0.2, 0.25) is 0 Å². The molecule has 9 nitrogen and oxygen atoms in total. The minimum absolute atomic E-state index is 0.0496. The first-order valence-electron chi connectivity index (χ1n) is 6.15. The standard InChI is InChI=1S/C12H15NO8/c14-5-8-9(15)10(16)11(17)12(21-8)20-7-3-1-2-6(4-7)13(18)19/h1-4,8-12,14-17H,5H2/t8?,9-,10?,11?,12+/m1/s1. The molecule has 116 valence electrons. The van der Waals surface area contributed by atoms with E-state index < -0.39 is 42.2 Å². The number of non-ortho nitro benzene ring substituents is 1. The fraction of sp³-hybridized carbons (Fsp3) is 0.500. The zero-order chi connectivity index (χ0) is 15.6. The minimum atomic E-state index is -1.57. The van der Waals surface area contributed by atoms with Gasteiger partial charge in [0, 0.05) is 6.07 Å². The van der Waals surface area contributed by atoms with Crippen molar-refractivity contribution in [2.24, 2.45) is 0 Å². The molecule has 0 amide bonds. The predicted octanol–water partition coefficient (Wildman–Crippen LogP) is -1.23. The Morgan fingerprint density at radius 1 is 1.24 bits per heavy atom. The maximum absolute atomic E-state index is 10.7. The lowest BCUT2D eigenvalue weighted by Gasteiger charge is -2.39. The Hall–Kier alpha value is -1.78. The van der Waals surface area contributed by atoms with Crippen LogP contribution >= 0.6 is 0 Å². The first-order valence-corrected chi connectivity index (χ1v) is 6.15. The monoisotopic (exact) mass is 301 g/mol. The summed E-state index contributed by atoms with van der Waals surface area (Å²) in [6.07, 6.45) is -7.11. The van der Waals surface area contributed by atoms with Crippen molar-refractivity contribution >= 4 is 5.69 Å². The summed E-state index contributed by atoms with van der Waals surface area (Å²) >= 11 is 0. The molecule has 3 unspecified atom stereocenters. The quantitative estimate of drug-likeness (QED) is 0.400. The largest absolute Gasteiger partial charge is 0.462 e. The maximum Gasteiger partial charge on any atom is 0.273 e. The molecular weight excluding hydrogens is 286 g/mol. The summed E-state index contributed by atoms with van der Waals surface area (Å²) in [6, 6.07) is 5.19. The van der Waals surface area contributed by atoms with E-state index in [0.29, 0.717) is 0 Å². The first-order chi connectivity index (χ1) is 9.93. The highest BCUT2D eigenvalue weighted by atomic mass is 16.7. The zero-order valence-electron chi connectivity index (χ0n) is 10.8. The molecule has 0 spiro atoms. The summed E-state index contributed by atoms with van der Waals surface area (Å²) < 4.78 is 10.4. The van der Waals surface area contributed by atoms with E-state index in [1.165, 1.54) is 18.2 Å². The highest BCUT2D eigenvalue weighted by Crippen LogP contribution is 2.26. The van der Waals surface area contributed by atoms with Gasteiger partial charge in [0.15, 0.2) is 0 Å². The third-order valence-electron chi connectivity index (χ3n) is 3.13. The molecule has 1 saturated heterocycles. The Labute approximate surface area is 119 Å². The third kappa shape index (κ3) is 3.28. The minimum Gasteiger partial charge on any atom is -0.462 e. The second-order valence-electron chi connectivity index (χ2n) is 4.57. The number of nitrogens with zero attached hydrogens (tertiary/aromatic N) is 1. The van der Waals surface area contributed by atoms with Crippen LogP contribution in [0.3, 0.4) is 0 Å². The summed E-state index contributed by atoms with van der Waals surface area (Å²) in [5.74, 6) is 0.0496. The molecule has 1 fully saturated rings. The zero-order valence-corrected chi connectivity index (χ0v) is 10.8. The molecule has 9 heteroatoms. The van der Waals surface area contributed by atoms with Gasteiger partial charge in [0.2, 0.25) is 6.29 Å². The number of benzene rings is 1. The van der Waals surface area contributed by atoms with Gasteiger partial charge in [-0.1, -0.05) is 6.07 Å². The second kappa shape index (κ2) is 6.33. The summed E-state index contributed by atoms with van der Waals surface area (Å²) in [4.78, 5) is 10.1. The van der Waals surface area contributed by atoms with E-state index in [1.54, 1.807) is 0 Å². The highest BCUT2D eigenvalue weighted by Gasteiger charge is 2.44. The van der Waals surface area contributed by atoms with Crippen molar-refractivity contribution in [3.63, 3.8) is 0 Å². The molecule has 1 aromatic carbocycles. The molecule has 0 aromatic heterocycles. The lowest BCUT2D eigenvalue weighted by Crippen LogP contribution is -2.60. The number of ether oxygens (including phenoxy) is 2. The SMILES string of the molecule is O=[N+]([O-])c1cccc(O[C@H]2OC(CO)[C@@H](O)C(O)C2O)c1. The van der Waals surface area contributed by atoms with Crippen molar-refractivity contribution in [3.05, 3.63) is 34.4 Å².